The average molecular weight is 203 g/mol. The average Bonchev–Trinajstić information content (AvgIpc) is 2.23. The lowest BCUT2D eigenvalue weighted by atomic mass is 9.88. The Bertz CT molecular complexity index is 135. The second-order valence-electron chi connectivity index (χ2n) is 4.26. The van der Waals surface area contributed by atoms with Crippen LogP contribution in [0, 0.1) is 5.41 Å². The Morgan fingerprint density at radius 3 is 2.50 bits per heavy atom. The van der Waals surface area contributed by atoms with Crippen LogP contribution in [0.15, 0.2) is 0 Å². The maximum absolute atomic E-state index is 9.20. The van der Waals surface area contributed by atoms with E-state index in [0.29, 0.717) is 6.04 Å². The van der Waals surface area contributed by atoms with Gasteiger partial charge in [0.15, 0.2) is 0 Å². The molecule has 3 heteroatoms. The van der Waals surface area contributed by atoms with Gasteiger partial charge in [-0.05, 0) is 20.3 Å². The summed E-state index contributed by atoms with van der Waals surface area (Å²) in [6.45, 7) is 10.9. The summed E-state index contributed by atoms with van der Waals surface area (Å²) >= 11 is 0. The Morgan fingerprint density at radius 1 is 1.43 bits per heavy atom. The molecule has 2 atom stereocenters. The minimum Gasteiger partial charge on any atom is -0.396 e. The minimum absolute atomic E-state index is 0.000471. The van der Waals surface area contributed by atoms with E-state index in [1.54, 1.807) is 0 Å². The Labute approximate surface area is 87.8 Å². The number of hydrogen-bond donors (Lipinski definition) is 2. The summed E-state index contributed by atoms with van der Waals surface area (Å²) in [5.41, 5.74) is 0.000471. The molecule has 0 saturated heterocycles. The molecule has 0 aliphatic carbocycles. The van der Waals surface area contributed by atoms with Gasteiger partial charge in [-0.3, -0.25) is 0 Å². The SMILES string of the molecule is CCOCC(C)NCC(C)(CC)CO. The van der Waals surface area contributed by atoms with Crippen LogP contribution in [-0.4, -0.2) is 37.5 Å². The van der Waals surface area contributed by atoms with E-state index in [2.05, 4.69) is 26.1 Å². The van der Waals surface area contributed by atoms with Crippen LogP contribution in [0.25, 0.3) is 0 Å². The number of ether oxygens (including phenoxy) is 1. The van der Waals surface area contributed by atoms with Crippen LogP contribution in [0.2, 0.25) is 0 Å². The zero-order chi connectivity index (χ0) is 11.0. The summed E-state index contributed by atoms with van der Waals surface area (Å²) in [7, 11) is 0. The van der Waals surface area contributed by atoms with E-state index in [1.807, 2.05) is 6.92 Å². The van der Waals surface area contributed by atoms with Crippen molar-refractivity contribution in [1.82, 2.24) is 5.32 Å². The molecule has 0 saturated carbocycles. The van der Waals surface area contributed by atoms with Gasteiger partial charge in [-0.1, -0.05) is 13.8 Å². The molecule has 2 unspecified atom stereocenters. The van der Waals surface area contributed by atoms with E-state index in [4.69, 9.17) is 4.74 Å². The molecule has 0 bridgehead atoms. The third-order valence-electron chi connectivity index (χ3n) is 2.68. The highest BCUT2D eigenvalue weighted by Crippen LogP contribution is 2.18. The van der Waals surface area contributed by atoms with E-state index >= 15 is 0 Å². The van der Waals surface area contributed by atoms with Gasteiger partial charge in [0.05, 0.1) is 6.61 Å². The molecule has 2 N–H and O–H groups in total. The molecule has 0 aromatic carbocycles. The minimum atomic E-state index is 0.000471. The highest BCUT2D eigenvalue weighted by Gasteiger charge is 2.21. The summed E-state index contributed by atoms with van der Waals surface area (Å²) in [6.07, 6.45) is 0.984. The first kappa shape index (κ1) is 13.9. The molecule has 0 amide bonds. The molecular formula is C11H25NO2. The second-order valence-corrected chi connectivity index (χ2v) is 4.26. The first-order valence-corrected chi connectivity index (χ1v) is 5.50. The van der Waals surface area contributed by atoms with Crippen molar-refractivity contribution in [3.05, 3.63) is 0 Å². The number of aliphatic hydroxyl groups excluding tert-OH is 1. The predicted molar refractivity (Wildman–Crippen MR) is 59.4 cm³/mol. The van der Waals surface area contributed by atoms with Crippen molar-refractivity contribution >= 4 is 0 Å². The van der Waals surface area contributed by atoms with E-state index in [0.717, 1.165) is 26.2 Å². The molecule has 86 valence electrons. The molecule has 0 aliphatic heterocycles. The summed E-state index contributed by atoms with van der Waals surface area (Å²) in [5, 5.41) is 12.6. The molecule has 0 fully saturated rings. The molecule has 0 heterocycles. The first-order valence-electron chi connectivity index (χ1n) is 5.50. The molecular weight excluding hydrogens is 178 g/mol. The monoisotopic (exact) mass is 203 g/mol. The van der Waals surface area contributed by atoms with Gasteiger partial charge in [0.2, 0.25) is 0 Å². The molecule has 0 aliphatic rings. The van der Waals surface area contributed by atoms with Crippen LogP contribution in [0.1, 0.15) is 34.1 Å². The van der Waals surface area contributed by atoms with E-state index in [-0.39, 0.29) is 12.0 Å². The van der Waals surface area contributed by atoms with Gasteiger partial charge in [0.25, 0.3) is 0 Å². The van der Waals surface area contributed by atoms with Gasteiger partial charge >= 0.3 is 0 Å². The lowest BCUT2D eigenvalue weighted by Crippen LogP contribution is -2.40. The van der Waals surface area contributed by atoms with Gasteiger partial charge in [-0.15, -0.1) is 0 Å². The van der Waals surface area contributed by atoms with E-state index in [1.165, 1.54) is 0 Å². The van der Waals surface area contributed by atoms with Gasteiger partial charge < -0.3 is 15.2 Å². The van der Waals surface area contributed by atoms with Crippen molar-refractivity contribution in [1.29, 1.82) is 0 Å². The molecule has 0 aromatic rings. The van der Waals surface area contributed by atoms with Gasteiger partial charge in [0.1, 0.15) is 0 Å². The summed E-state index contributed by atoms with van der Waals surface area (Å²) in [5.74, 6) is 0. The maximum atomic E-state index is 9.20. The highest BCUT2D eigenvalue weighted by atomic mass is 16.5. The van der Waals surface area contributed by atoms with Crippen molar-refractivity contribution in [3.63, 3.8) is 0 Å². The second kappa shape index (κ2) is 7.21. The maximum Gasteiger partial charge on any atom is 0.0616 e. The van der Waals surface area contributed by atoms with Crippen LogP contribution < -0.4 is 5.32 Å². The fourth-order valence-electron chi connectivity index (χ4n) is 1.07. The zero-order valence-corrected chi connectivity index (χ0v) is 9.97. The largest absolute Gasteiger partial charge is 0.396 e. The van der Waals surface area contributed by atoms with Crippen LogP contribution in [0.3, 0.4) is 0 Å². The number of rotatable bonds is 8. The predicted octanol–water partition coefficient (Wildman–Crippen LogP) is 1.41. The van der Waals surface area contributed by atoms with Gasteiger partial charge in [-0.2, -0.15) is 0 Å². The summed E-state index contributed by atoms with van der Waals surface area (Å²) in [6, 6.07) is 0.354. The number of nitrogens with one attached hydrogen (secondary N) is 1. The Kier molecular flexibility index (Phi) is 7.15. The van der Waals surface area contributed by atoms with Crippen LogP contribution in [-0.2, 0) is 4.74 Å². The lowest BCUT2D eigenvalue weighted by Gasteiger charge is -2.27. The topological polar surface area (TPSA) is 41.5 Å². The first-order chi connectivity index (χ1) is 6.58. The van der Waals surface area contributed by atoms with Crippen molar-refractivity contribution < 1.29 is 9.84 Å². The molecule has 14 heavy (non-hydrogen) atoms. The number of hydrogen-bond acceptors (Lipinski definition) is 3. The molecule has 3 nitrogen and oxygen atoms in total. The fraction of sp³-hybridized carbons (Fsp3) is 1.00. The van der Waals surface area contributed by atoms with Crippen molar-refractivity contribution in [2.75, 3.05) is 26.4 Å². The van der Waals surface area contributed by atoms with Crippen molar-refractivity contribution in [2.24, 2.45) is 5.41 Å². The molecule has 0 aromatic heterocycles. The molecule has 0 spiro atoms. The van der Waals surface area contributed by atoms with E-state index < -0.39 is 0 Å². The van der Waals surface area contributed by atoms with E-state index in [9.17, 15) is 5.11 Å². The Morgan fingerprint density at radius 2 is 2.07 bits per heavy atom. The molecule has 0 radical (unpaired) electrons. The lowest BCUT2D eigenvalue weighted by molar-refractivity contribution is 0.105. The Hall–Kier alpha value is -0.120. The normalized spacial score (nSPS) is 17.8. The van der Waals surface area contributed by atoms with Crippen LogP contribution in [0.5, 0.6) is 0 Å². The van der Waals surface area contributed by atoms with Crippen LogP contribution >= 0.6 is 0 Å². The Balaban J connectivity index is 3.68. The zero-order valence-electron chi connectivity index (χ0n) is 9.97. The van der Waals surface area contributed by atoms with Gasteiger partial charge in [0, 0.05) is 31.2 Å². The molecule has 0 rings (SSSR count). The standard InChI is InChI=1S/C11H25NO2/c1-5-11(4,9-13)8-12-10(3)7-14-6-2/h10,12-13H,5-9H2,1-4H3. The van der Waals surface area contributed by atoms with Gasteiger partial charge in [-0.25, -0.2) is 0 Å². The van der Waals surface area contributed by atoms with Crippen LogP contribution in [0.4, 0.5) is 0 Å². The third kappa shape index (κ3) is 5.58. The fourth-order valence-corrected chi connectivity index (χ4v) is 1.07. The third-order valence-corrected chi connectivity index (χ3v) is 2.68. The summed E-state index contributed by atoms with van der Waals surface area (Å²) < 4.78 is 5.30. The smallest absolute Gasteiger partial charge is 0.0616 e. The van der Waals surface area contributed by atoms with Crippen molar-refractivity contribution in [2.45, 2.75) is 40.2 Å². The number of aliphatic hydroxyl groups is 1. The van der Waals surface area contributed by atoms with Crippen molar-refractivity contribution in [3.8, 4) is 0 Å². The quantitative estimate of drug-likeness (QED) is 0.627. The highest BCUT2D eigenvalue weighted by molar-refractivity contribution is 4.76. The summed E-state index contributed by atoms with van der Waals surface area (Å²) in [4.78, 5) is 0.